The average Bonchev–Trinajstić information content (AvgIpc) is 2.75. The number of thiazole rings is 1. The Morgan fingerprint density at radius 1 is 1.79 bits per heavy atom. The second-order valence-electron chi connectivity index (χ2n) is 3.22. The summed E-state index contributed by atoms with van der Waals surface area (Å²) in [7, 11) is -0.784. The second kappa shape index (κ2) is 4.70. The third-order valence-corrected chi connectivity index (χ3v) is 5.24. The van der Waals surface area contributed by atoms with Gasteiger partial charge in [-0.05, 0) is 13.0 Å². The third-order valence-electron chi connectivity index (χ3n) is 2.20. The Bertz CT molecular complexity index is 336. The quantitative estimate of drug-likeness (QED) is 0.882. The first kappa shape index (κ1) is 10.5. The van der Waals surface area contributed by atoms with Crippen molar-refractivity contribution >= 4 is 33.7 Å². The highest BCUT2D eigenvalue weighted by molar-refractivity contribution is 7.85. The molecule has 3 nitrogen and oxygen atoms in total. The molecule has 2 atom stereocenters. The van der Waals surface area contributed by atoms with Crippen molar-refractivity contribution in [1.82, 2.24) is 10.3 Å². The molecule has 0 radical (unpaired) electrons. The van der Waals surface area contributed by atoms with E-state index in [1.54, 1.807) is 6.20 Å². The maximum Gasteiger partial charge on any atom is 0.183 e. The van der Waals surface area contributed by atoms with E-state index in [4.69, 9.17) is 11.6 Å². The normalized spacial score (nSPS) is 23.9. The van der Waals surface area contributed by atoms with Crippen molar-refractivity contribution in [3.05, 3.63) is 15.5 Å². The molecule has 0 spiro atoms. The minimum absolute atomic E-state index is 0.302. The molecule has 1 aromatic rings. The van der Waals surface area contributed by atoms with E-state index in [0.29, 0.717) is 15.5 Å². The molecule has 0 amide bonds. The molecule has 1 aliphatic heterocycles. The van der Waals surface area contributed by atoms with Gasteiger partial charge in [-0.3, -0.25) is 4.21 Å². The molecule has 0 aliphatic carbocycles. The van der Waals surface area contributed by atoms with Crippen molar-refractivity contribution in [2.24, 2.45) is 0 Å². The number of rotatable bonds is 3. The van der Waals surface area contributed by atoms with Gasteiger partial charge in [0, 0.05) is 33.7 Å². The molecule has 2 rings (SSSR count). The predicted octanol–water partition coefficient (Wildman–Crippen LogP) is 1.41. The zero-order chi connectivity index (χ0) is 9.97. The van der Waals surface area contributed by atoms with Crippen molar-refractivity contribution in [2.45, 2.75) is 17.4 Å². The molecule has 14 heavy (non-hydrogen) atoms. The molecule has 0 bridgehead atoms. The summed E-state index contributed by atoms with van der Waals surface area (Å²) in [5.74, 6) is 0.594. The van der Waals surface area contributed by atoms with Crippen LogP contribution in [0.15, 0.2) is 6.20 Å². The summed E-state index contributed by atoms with van der Waals surface area (Å²) in [6.07, 6.45) is 2.73. The predicted molar refractivity (Wildman–Crippen MR) is 60.2 cm³/mol. The van der Waals surface area contributed by atoms with E-state index >= 15 is 0 Å². The van der Waals surface area contributed by atoms with Crippen molar-refractivity contribution in [2.75, 3.05) is 13.1 Å². The van der Waals surface area contributed by atoms with E-state index in [1.165, 1.54) is 11.3 Å². The lowest BCUT2D eigenvalue weighted by Crippen LogP contribution is -2.19. The van der Waals surface area contributed by atoms with Gasteiger partial charge in [0.1, 0.15) is 0 Å². The molecule has 2 heterocycles. The molecular weight excluding hydrogens is 240 g/mol. The highest BCUT2D eigenvalue weighted by Crippen LogP contribution is 2.21. The monoisotopic (exact) mass is 250 g/mol. The molecule has 1 aromatic heterocycles. The summed E-state index contributed by atoms with van der Waals surface area (Å²) < 4.78 is 12.4. The first-order valence-electron chi connectivity index (χ1n) is 4.44. The summed E-state index contributed by atoms with van der Waals surface area (Å²) in [5, 5.41) is 3.51. The highest BCUT2D eigenvalue weighted by atomic mass is 35.5. The van der Waals surface area contributed by atoms with Gasteiger partial charge in [-0.2, -0.15) is 0 Å². The second-order valence-corrected chi connectivity index (χ2v) is 6.63. The fourth-order valence-corrected chi connectivity index (χ4v) is 4.09. The molecule has 0 aromatic carbocycles. The average molecular weight is 251 g/mol. The highest BCUT2D eigenvalue weighted by Gasteiger charge is 2.21. The maximum atomic E-state index is 11.8. The van der Waals surface area contributed by atoms with E-state index in [0.717, 1.165) is 24.4 Å². The number of halogens is 1. The fourth-order valence-electron chi connectivity index (χ4n) is 1.46. The Labute approximate surface area is 94.3 Å². The van der Waals surface area contributed by atoms with Gasteiger partial charge in [-0.25, -0.2) is 4.98 Å². The number of nitrogens with zero attached hydrogens (tertiary/aromatic N) is 1. The zero-order valence-electron chi connectivity index (χ0n) is 7.53. The van der Waals surface area contributed by atoms with Gasteiger partial charge in [0.05, 0.1) is 5.75 Å². The topological polar surface area (TPSA) is 42.0 Å². The lowest BCUT2D eigenvalue weighted by molar-refractivity contribution is 0.672. The Hall–Kier alpha value is 0.0300. The van der Waals surface area contributed by atoms with Gasteiger partial charge in [-0.15, -0.1) is 11.3 Å². The maximum absolute atomic E-state index is 11.8. The van der Waals surface area contributed by atoms with E-state index in [-0.39, 0.29) is 0 Å². The smallest absolute Gasteiger partial charge is 0.183 e. The van der Waals surface area contributed by atoms with Gasteiger partial charge < -0.3 is 5.32 Å². The van der Waals surface area contributed by atoms with Crippen molar-refractivity contribution in [3.63, 3.8) is 0 Å². The van der Waals surface area contributed by atoms with Crippen LogP contribution in [0.2, 0.25) is 4.47 Å². The zero-order valence-corrected chi connectivity index (χ0v) is 9.92. The van der Waals surface area contributed by atoms with Gasteiger partial charge in [0.15, 0.2) is 4.47 Å². The van der Waals surface area contributed by atoms with Gasteiger partial charge in [-0.1, -0.05) is 11.6 Å². The summed E-state index contributed by atoms with van der Waals surface area (Å²) in [6, 6.07) is 0. The number of nitrogens with one attached hydrogen (secondary N) is 1. The summed E-state index contributed by atoms with van der Waals surface area (Å²) in [4.78, 5) is 4.94. The Morgan fingerprint density at radius 2 is 2.64 bits per heavy atom. The standard InChI is InChI=1S/C8H11ClN2OS2/c9-8-11-3-6(13-8)5-14(12)7-1-2-10-4-7/h3,7,10H,1-2,4-5H2/t7-,14+/m1/s1. The first-order valence-corrected chi connectivity index (χ1v) is 7.01. The minimum Gasteiger partial charge on any atom is -0.315 e. The SMILES string of the molecule is O=[S@@](Cc1cnc(Cl)s1)[C@@H]1CCNC1. The van der Waals surface area contributed by atoms with Crippen LogP contribution in [0.3, 0.4) is 0 Å². The Kier molecular flexibility index (Phi) is 3.54. The van der Waals surface area contributed by atoms with E-state index in [9.17, 15) is 4.21 Å². The molecule has 1 N–H and O–H groups in total. The summed E-state index contributed by atoms with van der Waals surface area (Å²) in [6.45, 7) is 1.86. The summed E-state index contributed by atoms with van der Waals surface area (Å²) in [5.41, 5.74) is 0. The van der Waals surface area contributed by atoms with Crippen LogP contribution in [-0.2, 0) is 16.6 Å². The van der Waals surface area contributed by atoms with Crippen LogP contribution in [0.4, 0.5) is 0 Å². The van der Waals surface area contributed by atoms with Gasteiger partial charge >= 0.3 is 0 Å². The molecule has 0 unspecified atom stereocenters. The van der Waals surface area contributed by atoms with E-state index < -0.39 is 10.8 Å². The molecular formula is C8H11ClN2OS2. The van der Waals surface area contributed by atoms with E-state index in [1.807, 2.05) is 0 Å². The van der Waals surface area contributed by atoms with Crippen LogP contribution >= 0.6 is 22.9 Å². The number of hydrogen-bond acceptors (Lipinski definition) is 4. The minimum atomic E-state index is -0.784. The fraction of sp³-hybridized carbons (Fsp3) is 0.625. The van der Waals surface area contributed by atoms with Crippen LogP contribution < -0.4 is 5.32 Å². The summed E-state index contributed by atoms with van der Waals surface area (Å²) >= 11 is 7.12. The van der Waals surface area contributed by atoms with Crippen LogP contribution in [-0.4, -0.2) is 27.5 Å². The van der Waals surface area contributed by atoms with E-state index in [2.05, 4.69) is 10.3 Å². The molecule has 1 aliphatic rings. The van der Waals surface area contributed by atoms with Crippen molar-refractivity contribution in [3.8, 4) is 0 Å². The molecule has 1 fully saturated rings. The van der Waals surface area contributed by atoms with Crippen molar-refractivity contribution < 1.29 is 4.21 Å². The molecule has 78 valence electrons. The first-order chi connectivity index (χ1) is 6.75. The number of hydrogen-bond donors (Lipinski definition) is 1. The van der Waals surface area contributed by atoms with Gasteiger partial charge in [0.25, 0.3) is 0 Å². The Morgan fingerprint density at radius 3 is 3.21 bits per heavy atom. The number of aromatic nitrogens is 1. The van der Waals surface area contributed by atoms with Crippen LogP contribution in [0, 0.1) is 0 Å². The Balaban J connectivity index is 1.93. The van der Waals surface area contributed by atoms with Crippen LogP contribution in [0.1, 0.15) is 11.3 Å². The van der Waals surface area contributed by atoms with Crippen LogP contribution in [0.25, 0.3) is 0 Å². The molecule has 1 saturated heterocycles. The lowest BCUT2D eigenvalue weighted by Gasteiger charge is -2.06. The van der Waals surface area contributed by atoms with Crippen LogP contribution in [0.5, 0.6) is 0 Å². The lowest BCUT2D eigenvalue weighted by atomic mass is 10.4. The third kappa shape index (κ3) is 2.53. The molecule has 0 saturated carbocycles. The largest absolute Gasteiger partial charge is 0.315 e. The van der Waals surface area contributed by atoms with Gasteiger partial charge in [0.2, 0.25) is 0 Å². The van der Waals surface area contributed by atoms with Crippen molar-refractivity contribution in [1.29, 1.82) is 0 Å². The molecule has 6 heteroatoms.